The first-order valence-corrected chi connectivity index (χ1v) is 24.6. The highest BCUT2D eigenvalue weighted by atomic mass is 16.3. The Hall–Kier alpha value is -7.56. The number of primary amides is 4. The molecule has 4 amide bonds. The van der Waals surface area contributed by atoms with Gasteiger partial charge in [-0.25, -0.2) is 19.9 Å². The quantitative estimate of drug-likeness (QED) is 0.0812. The number of aliphatic hydroxyl groups is 4. The van der Waals surface area contributed by atoms with Crippen LogP contribution in [0.25, 0.3) is 0 Å². The highest BCUT2D eigenvalue weighted by Crippen LogP contribution is 2.30. The minimum absolute atomic E-state index is 0.388. The maximum absolute atomic E-state index is 12.3. The number of nitrogens with zero attached hydrogens (tertiary/aromatic N) is 8. The van der Waals surface area contributed by atoms with Gasteiger partial charge in [0, 0.05) is 147 Å². The Morgan fingerprint density at radius 3 is 1.50 bits per heavy atom. The molecule has 512 valence electrons. The Morgan fingerprint density at radius 2 is 1.02 bits per heavy atom. The van der Waals surface area contributed by atoms with E-state index in [4.69, 9.17) is 128 Å². The Bertz CT molecular complexity index is 6440. The fourth-order valence-corrected chi connectivity index (χ4v) is 6.46. The van der Waals surface area contributed by atoms with Crippen LogP contribution in [0.2, 0.25) is 0 Å². The van der Waals surface area contributed by atoms with E-state index in [0.717, 1.165) is 0 Å². The Labute approximate surface area is 649 Å². The van der Waals surface area contributed by atoms with E-state index in [2.05, 4.69) is 49.9 Å². The van der Waals surface area contributed by atoms with Crippen LogP contribution in [0, 0.1) is 23.6 Å². The molecule has 4 aromatic rings. The van der Waals surface area contributed by atoms with Crippen molar-refractivity contribution in [3.8, 4) is 0 Å². The lowest BCUT2D eigenvalue weighted by Gasteiger charge is -2.32. The van der Waals surface area contributed by atoms with Gasteiger partial charge in [-0.1, -0.05) is 27.4 Å². The van der Waals surface area contributed by atoms with Gasteiger partial charge >= 0.3 is 0 Å². The molecule has 0 aromatic carbocycles. The zero-order chi connectivity index (χ0) is 135. The number of amides is 4. The van der Waals surface area contributed by atoms with E-state index in [1.54, 1.807) is 21.3 Å². The molecule has 0 saturated heterocycles. The second-order valence-electron chi connectivity index (χ2n) is 18.1. The second-order valence-corrected chi connectivity index (χ2v) is 18.1. The van der Waals surface area contributed by atoms with Crippen molar-refractivity contribution in [1.29, 1.82) is 0 Å². The molecule has 20 N–H and O–H groups in total. The van der Waals surface area contributed by atoms with Gasteiger partial charge in [0.05, 0.1) is 75.7 Å². The number of carbonyl (C=O) groups is 4. The van der Waals surface area contributed by atoms with Crippen molar-refractivity contribution in [3.05, 3.63) is 63.4 Å². The number of nitrogens with two attached hydrogens (primary N) is 4. The summed E-state index contributed by atoms with van der Waals surface area (Å²) >= 11 is 0. The number of hydrogen-bond donors (Lipinski definition) is 16. The number of carbonyl (C=O) groups excluding carboxylic acids is 4. The van der Waals surface area contributed by atoms with E-state index in [9.17, 15) is 39.6 Å². The molecule has 92 heavy (non-hydrogen) atoms. The van der Waals surface area contributed by atoms with E-state index < -0.39 is 391 Å². The van der Waals surface area contributed by atoms with Gasteiger partial charge in [-0.05, 0) is 182 Å². The van der Waals surface area contributed by atoms with Crippen LogP contribution >= 0.6 is 0 Å². The molecule has 4 aliphatic carbocycles. The maximum Gasteiger partial charge on any atom is 0.254 e. The van der Waals surface area contributed by atoms with Crippen LogP contribution < -0.4 is 66.0 Å². The molecular weight excluding hydrogens is 1180 g/mol. The van der Waals surface area contributed by atoms with Crippen LogP contribution in [0.1, 0.15) is 333 Å². The number of anilines is 5. The number of H-pyrrole nitrogens is 3. The SMILES string of the molecule is [2H]C([2H])([2H])C1([2H])C([2H])([2H])C([2H])([2H])C([2H])(Nc2nc(NC(C([2H])([2H])[2H])(C([2H])([2H])[2H])C([2H])([2H])[2H])ncc2C(N)=O)C([2H])([2H])C1([2H])O.[2H]c1nc(NC(C([2H])([2H])[2H])(C([2H])([2H])[2H])C([2H])([2H])[2H])[nH]c(=NC2([2H])C([2H])([2H])C([2H])([2H])C([2H])(C([2H])([2H])[2H])C([2H])(O)C2([2H])[2H])c1C(N)=O.[2H]c1nc(NC(C([2H])([2H])[2H])(C([2H])([2H])[2H])C([2H])([2H])[2H])[nH]c(=NC2C([2H])C([2H])C(C([2H])([2H])[2H])C(O)C2[2H])c1C(N)=O.[2H]c1nc(NC(C([2H])([2H])[2H])(C([2H])([2H])[2H])C([2H])([2H])[2H])[nH]c(=NC2CC([2H])([2H])C(C([2H])([2H])[2H])C([2H])(O)C2([2H])[2H])c1C(N)=O. The van der Waals surface area contributed by atoms with Gasteiger partial charge in [0.1, 0.15) is 22.3 Å². The standard InChI is InChI=1S/4C16H27N5O2/c4*1-9-5-6-10(7-12(9)22)19-14-11(13(17)23)8-18-15(20-14)21-16(2,3)4/h4*8-10,12,22H,5-7H2,1-4H3,(H2,17,23)(H2,18,19,20,21)/i1D3,2D3,3D3,4D3,5D2,6D2,7D2,8D,9D,10D,12D;1D3,2D3,3D3,4D3,5D2,6D2,7D2,9D,10D,12D;1D3,2D3,3D3,4D3,5D2,7D2,8D,12D;1D3,2D3,3D3,4D3,5D,6D,7D,8D. The first kappa shape index (κ1) is 21.5. The fraction of sp³-hybridized carbons (Fsp3) is 0.688. The predicted molar refractivity (Wildman–Crippen MR) is 357 cm³/mol. The van der Waals surface area contributed by atoms with Crippen molar-refractivity contribution in [1.82, 2.24) is 39.9 Å². The Kier molecular flexibility index (Phi) is 7.55. The zero-order valence-corrected chi connectivity index (χ0v) is 46.2. The molecule has 15 unspecified atom stereocenters. The summed E-state index contributed by atoms with van der Waals surface area (Å²) in [6, 6.07) is -12.3. The molecule has 15 atom stereocenters. The van der Waals surface area contributed by atoms with E-state index >= 15 is 0 Å². The largest absolute Gasteiger partial charge is 0.393 e. The molecule has 28 nitrogen and oxygen atoms in total. The second kappa shape index (κ2) is 32.3. The van der Waals surface area contributed by atoms with Crippen LogP contribution in [0.15, 0.2) is 39.7 Å². The lowest BCUT2D eigenvalue weighted by Crippen LogP contribution is -2.36. The van der Waals surface area contributed by atoms with Crippen molar-refractivity contribution in [2.24, 2.45) is 61.5 Å². The van der Waals surface area contributed by atoms with Gasteiger partial charge in [-0.15, -0.1) is 0 Å². The van der Waals surface area contributed by atoms with E-state index in [0.29, 0.717) is 6.20 Å². The summed E-state index contributed by atoms with van der Waals surface area (Å²) in [5.74, 6) is -24.9. The van der Waals surface area contributed by atoms with Crippen LogP contribution in [0.4, 0.5) is 29.6 Å². The number of rotatable bonds is 13. The van der Waals surface area contributed by atoms with Gasteiger partial charge in [0.15, 0.2) is 0 Å². The van der Waals surface area contributed by atoms with Gasteiger partial charge in [-0.2, -0.15) is 4.98 Å². The molecule has 8 rings (SSSR count). The zero-order valence-electron chi connectivity index (χ0n) is 123. The molecule has 0 radical (unpaired) electrons. The summed E-state index contributed by atoms with van der Waals surface area (Å²) in [7, 11) is 0. The number of aromatic amines is 3. The molecule has 4 fully saturated rings. The third kappa shape index (κ3) is 24.8. The first-order chi connectivity index (χ1) is 73.5. The minimum Gasteiger partial charge on any atom is -0.393 e. The molecule has 4 saturated carbocycles. The summed E-state index contributed by atoms with van der Waals surface area (Å²) in [6.45, 7) is -60.4. The Morgan fingerprint density at radius 1 is 0.554 bits per heavy atom. The molecule has 28 heteroatoms. The average Bonchev–Trinajstić information content (AvgIpc) is 0.649. The third-order valence-corrected chi connectivity index (χ3v) is 10.3. The fourth-order valence-electron chi connectivity index (χ4n) is 6.46. The first-order valence-electron chi connectivity index (χ1n) is 63.3. The van der Waals surface area contributed by atoms with Crippen molar-refractivity contribution < 1.29 is 145 Å². The van der Waals surface area contributed by atoms with Crippen molar-refractivity contribution in [3.63, 3.8) is 0 Å². The summed E-state index contributed by atoms with van der Waals surface area (Å²) in [4.78, 5) is 83.0. The molecule has 4 aromatic heterocycles. The van der Waals surface area contributed by atoms with Crippen LogP contribution in [0.5, 0.6) is 0 Å². The van der Waals surface area contributed by atoms with Crippen LogP contribution in [-0.4, -0.2) is 155 Å². The van der Waals surface area contributed by atoms with Gasteiger partial charge < -0.3 is 84.9 Å². The smallest absolute Gasteiger partial charge is 0.254 e. The van der Waals surface area contributed by atoms with E-state index in [-0.39, 0.29) is 0 Å². The highest BCUT2D eigenvalue weighted by molar-refractivity contribution is 5.97. The van der Waals surface area contributed by atoms with Gasteiger partial charge in [0.2, 0.25) is 23.8 Å². The third-order valence-electron chi connectivity index (χ3n) is 10.3. The summed E-state index contributed by atoms with van der Waals surface area (Å²) in [5, 5.41) is 51.3. The highest BCUT2D eigenvalue weighted by Gasteiger charge is 2.31. The minimum atomic E-state index is -4.55. The molecular formula is C64H108N20O8. The number of hydrogen-bond acceptors (Lipinski definition) is 21. The maximum atomic E-state index is 12.3. The van der Waals surface area contributed by atoms with E-state index in [1.165, 1.54) is 0 Å². The lowest BCUT2D eigenvalue weighted by atomic mass is 9.85. The molecule has 4 aliphatic rings. The molecule has 4 heterocycles. The van der Waals surface area contributed by atoms with E-state index in [1.807, 2.05) is 10.3 Å². The van der Waals surface area contributed by atoms with Gasteiger partial charge in [0.25, 0.3) is 23.6 Å². The average molecular weight is 1360 g/mol. The monoisotopic (exact) mass is 1360 g/mol. The summed E-state index contributed by atoms with van der Waals surface area (Å²) in [5.41, 5.74) is -1.32. The molecule has 0 bridgehead atoms. The van der Waals surface area contributed by atoms with Crippen molar-refractivity contribution in [2.75, 3.05) is 26.6 Å². The van der Waals surface area contributed by atoms with Crippen LogP contribution in [0.3, 0.4) is 0 Å². The number of nitrogens with one attached hydrogen (secondary N) is 8. The predicted octanol–water partition coefficient (Wildman–Crippen LogP) is 5.25. The molecule has 0 aliphatic heterocycles. The normalized spacial score (nSPS) is 52.7. The Balaban J connectivity index is 0.000000394. The van der Waals surface area contributed by atoms with Crippen molar-refractivity contribution in [2.45, 2.75) is 257 Å². The van der Waals surface area contributed by atoms with Crippen LogP contribution in [-0.2, 0) is 0 Å². The summed E-state index contributed by atoms with van der Waals surface area (Å²) < 4.78 is 608. The number of aromatic nitrogens is 8. The topological polar surface area (TPSA) is 462 Å². The molecule has 0 spiro atoms. The lowest BCUT2D eigenvalue weighted by molar-refractivity contribution is 0.0702. The summed E-state index contributed by atoms with van der Waals surface area (Å²) in [6.07, 6.45) is -56.5. The van der Waals surface area contributed by atoms with Crippen molar-refractivity contribution >= 4 is 53.2 Å². The van der Waals surface area contributed by atoms with Gasteiger partial charge in [-0.3, -0.25) is 34.2 Å². The number of aliphatic hydroxyl groups excluding tert-OH is 1.